The Kier molecular flexibility index (Phi) is 7.72. The molecule has 1 N–H and O–H groups in total. The minimum Gasteiger partial charge on any atom is -0.357 e. The maximum atomic E-state index is 4.85. The first kappa shape index (κ1) is 21.4. The standard InChI is InChI=1S/C23H36N6/c1-5-24-23(28(4)19-22-7-6-12-27(22)3)25-17-20-8-10-21(11-9-20)18-29-15-13-26(2)14-16-29/h6-12H,5,13-19H2,1-4H3,(H,24,25). The van der Waals surface area contributed by atoms with Gasteiger partial charge in [-0.15, -0.1) is 0 Å². The molecule has 1 aromatic heterocycles. The van der Waals surface area contributed by atoms with Gasteiger partial charge in [0, 0.05) is 65.3 Å². The number of aromatic nitrogens is 1. The third kappa shape index (κ3) is 6.34. The number of hydrogen-bond acceptors (Lipinski definition) is 3. The lowest BCUT2D eigenvalue weighted by molar-refractivity contribution is 0.148. The highest BCUT2D eigenvalue weighted by Gasteiger charge is 2.13. The molecular weight excluding hydrogens is 360 g/mol. The van der Waals surface area contributed by atoms with E-state index in [2.05, 4.69) is 95.2 Å². The summed E-state index contributed by atoms with van der Waals surface area (Å²) in [6, 6.07) is 13.2. The van der Waals surface area contributed by atoms with Crippen molar-refractivity contribution in [2.24, 2.45) is 12.0 Å². The largest absolute Gasteiger partial charge is 0.357 e. The Balaban J connectivity index is 1.56. The second-order valence-corrected chi connectivity index (χ2v) is 8.03. The lowest BCUT2D eigenvalue weighted by Gasteiger charge is -2.32. The third-order valence-electron chi connectivity index (χ3n) is 5.58. The monoisotopic (exact) mass is 396 g/mol. The highest BCUT2D eigenvalue weighted by Crippen LogP contribution is 2.11. The molecule has 0 atom stereocenters. The van der Waals surface area contributed by atoms with Gasteiger partial charge in [-0.2, -0.15) is 0 Å². The molecule has 0 saturated carbocycles. The van der Waals surface area contributed by atoms with Crippen molar-refractivity contribution in [3.8, 4) is 0 Å². The molecule has 1 fully saturated rings. The number of piperazine rings is 1. The molecule has 0 spiro atoms. The number of hydrogen-bond donors (Lipinski definition) is 1. The molecule has 1 aliphatic rings. The summed E-state index contributed by atoms with van der Waals surface area (Å²) in [5, 5.41) is 3.41. The third-order valence-corrected chi connectivity index (χ3v) is 5.58. The Hall–Kier alpha value is -2.31. The molecule has 3 rings (SSSR count). The van der Waals surface area contributed by atoms with Gasteiger partial charge in [-0.1, -0.05) is 24.3 Å². The summed E-state index contributed by atoms with van der Waals surface area (Å²) < 4.78 is 2.15. The quantitative estimate of drug-likeness (QED) is 0.576. The Morgan fingerprint density at radius 2 is 1.72 bits per heavy atom. The fraction of sp³-hybridized carbons (Fsp3) is 0.522. The van der Waals surface area contributed by atoms with Crippen LogP contribution in [0.5, 0.6) is 0 Å². The first-order valence-electron chi connectivity index (χ1n) is 10.6. The number of aliphatic imine (C=N–C) groups is 1. The first-order chi connectivity index (χ1) is 14.0. The molecule has 1 saturated heterocycles. The van der Waals surface area contributed by atoms with Gasteiger partial charge < -0.3 is 19.7 Å². The molecule has 6 heteroatoms. The fourth-order valence-electron chi connectivity index (χ4n) is 3.63. The molecule has 0 unspecified atom stereocenters. The van der Waals surface area contributed by atoms with Crippen LogP contribution in [-0.4, -0.2) is 72.0 Å². The van der Waals surface area contributed by atoms with E-state index in [1.54, 1.807) is 0 Å². The summed E-state index contributed by atoms with van der Waals surface area (Å²) in [5.41, 5.74) is 3.90. The van der Waals surface area contributed by atoms with Crippen molar-refractivity contribution in [1.82, 2.24) is 24.6 Å². The first-order valence-corrected chi connectivity index (χ1v) is 10.6. The SMILES string of the molecule is CCNC(=NCc1ccc(CN2CCN(C)CC2)cc1)N(C)Cc1cccn1C. The van der Waals surface area contributed by atoms with E-state index in [4.69, 9.17) is 4.99 Å². The van der Waals surface area contributed by atoms with Crippen LogP contribution >= 0.6 is 0 Å². The minimum absolute atomic E-state index is 0.689. The molecule has 0 bridgehead atoms. The lowest BCUT2D eigenvalue weighted by atomic mass is 10.1. The van der Waals surface area contributed by atoms with Gasteiger partial charge in [0.25, 0.3) is 0 Å². The summed E-state index contributed by atoms with van der Waals surface area (Å²) >= 11 is 0. The molecule has 158 valence electrons. The Morgan fingerprint density at radius 1 is 1.03 bits per heavy atom. The van der Waals surface area contributed by atoms with Crippen LogP contribution < -0.4 is 5.32 Å². The fourth-order valence-corrected chi connectivity index (χ4v) is 3.63. The average molecular weight is 397 g/mol. The van der Waals surface area contributed by atoms with Crippen molar-refractivity contribution in [2.75, 3.05) is 46.8 Å². The number of rotatable bonds is 7. The summed E-state index contributed by atoms with van der Waals surface area (Å²) in [6.45, 7) is 10.2. The summed E-state index contributed by atoms with van der Waals surface area (Å²) in [5.74, 6) is 0.940. The predicted octanol–water partition coefficient (Wildman–Crippen LogP) is 2.37. The molecule has 1 aliphatic heterocycles. The molecular formula is C23H36N6. The van der Waals surface area contributed by atoms with Crippen LogP contribution in [0.3, 0.4) is 0 Å². The van der Waals surface area contributed by atoms with Gasteiger partial charge in [0.1, 0.15) is 0 Å². The van der Waals surface area contributed by atoms with E-state index in [0.717, 1.165) is 51.8 Å². The maximum Gasteiger partial charge on any atom is 0.194 e. The van der Waals surface area contributed by atoms with Crippen molar-refractivity contribution in [1.29, 1.82) is 0 Å². The summed E-state index contributed by atoms with van der Waals surface area (Å²) in [4.78, 5) is 12.0. The number of nitrogens with zero attached hydrogens (tertiary/aromatic N) is 5. The number of aryl methyl sites for hydroxylation is 1. The zero-order chi connectivity index (χ0) is 20.6. The molecule has 0 radical (unpaired) electrons. The zero-order valence-electron chi connectivity index (χ0n) is 18.4. The second-order valence-electron chi connectivity index (χ2n) is 8.03. The molecule has 0 amide bonds. The van der Waals surface area contributed by atoms with Crippen LogP contribution in [0, 0.1) is 0 Å². The Morgan fingerprint density at radius 3 is 2.34 bits per heavy atom. The number of likely N-dealkylation sites (N-methyl/N-ethyl adjacent to an activating group) is 1. The highest BCUT2D eigenvalue weighted by atomic mass is 15.3. The highest BCUT2D eigenvalue weighted by molar-refractivity contribution is 5.79. The van der Waals surface area contributed by atoms with E-state index in [1.807, 2.05) is 0 Å². The van der Waals surface area contributed by atoms with Gasteiger partial charge in [-0.3, -0.25) is 4.90 Å². The molecule has 6 nitrogen and oxygen atoms in total. The van der Waals surface area contributed by atoms with Gasteiger partial charge in [0.05, 0.1) is 13.1 Å². The lowest BCUT2D eigenvalue weighted by Crippen LogP contribution is -2.43. The normalized spacial score (nSPS) is 16.2. The van der Waals surface area contributed by atoms with Crippen LogP contribution in [0.4, 0.5) is 0 Å². The van der Waals surface area contributed by atoms with Crippen LogP contribution in [0.15, 0.2) is 47.6 Å². The summed E-state index contributed by atoms with van der Waals surface area (Å²) in [6.07, 6.45) is 2.08. The van der Waals surface area contributed by atoms with Crippen molar-refractivity contribution in [2.45, 2.75) is 26.6 Å². The van der Waals surface area contributed by atoms with E-state index in [0.29, 0.717) is 6.54 Å². The van der Waals surface area contributed by atoms with Gasteiger partial charge in [0.15, 0.2) is 5.96 Å². The molecule has 0 aliphatic carbocycles. The minimum atomic E-state index is 0.689. The van der Waals surface area contributed by atoms with E-state index in [9.17, 15) is 0 Å². The predicted molar refractivity (Wildman–Crippen MR) is 121 cm³/mol. The van der Waals surface area contributed by atoms with E-state index in [1.165, 1.54) is 16.8 Å². The van der Waals surface area contributed by atoms with Crippen LogP contribution in [0.2, 0.25) is 0 Å². The van der Waals surface area contributed by atoms with Gasteiger partial charge in [-0.25, -0.2) is 4.99 Å². The van der Waals surface area contributed by atoms with Crippen molar-refractivity contribution in [3.05, 3.63) is 59.4 Å². The maximum absolute atomic E-state index is 4.85. The number of guanidine groups is 1. The van der Waals surface area contributed by atoms with Gasteiger partial charge in [-0.05, 0) is 37.2 Å². The summed E-state index contributed by atoms with van der Waals surface area (Å²) in [7, 11) is 6.37. The smallest absolute Gasteiger partial charge is 0.194 e. The Bertz CT molecular complexity index is 771. The van der Waals surface area contributed by atoms with Crippen LogP contribution in [0.1, 0.15) is 23.7 Å². The molecule has 29 heavy (non-hydrogen) atoms. The zero-order valence-corrected chi connectivity index (χ0v) is 18.4. The number of benzene rings is 1. The van der Waals surface area contributed by atoms with Crippen LogP contribution in [-0.2, 0) is 26.7 Å². The van der Waals surface area contributed by atoms with Crippen molar-refractivity contribution < 1.29 is 0 Å². The van der Waals surface area contributed by atoms with E-state index < -0.39 is 0 Å². The molecule has 1 aromatic carbocycles. The van der Waals surface area contributed by atoms with Crippen LogP contribution in [0.25, 0.3) is 0 Å². The topological polar surface area (TPSA) is 39.0 Å². The Labute approximate surface area is 175 Å². The molecule has 2 aromatic rings. The number of nitrogens with one attached hydrogen (secondary N) is 1. The van der Waals surface area contributed by atoms with E-state index >= 15 is 0 Å². The van der Waals surface area contributed by atoms with Crippen molar-refractivity contribution in [3.63, 3.8) is 0 Å². The van der Waals surface area contributed by atoms with Crippen molar-refractivity contribution >= 4 is 5.96 Å². The molecule has 2 heterocycles. The van der Waals surface area contributed by atoms with Gasteiger partial charge in [0.2, 0.25) is 0 Å². The average Bonchev–Trinajstić information content (AvgIpc) is 3.12. The van der Waals surface area contributed by atoms with E-state index in [-0.39, 0.29) is 0 Å². The van der Waals surface area contributed by atoms with Gasteiger partial charge >= 0.3 is 0 Å². The second kappa shape index (κ2) is 10.5.